The number of carbonyl (C=O) groups is 1. The van der Waals surface area contributed by atoms with Gasteiger partial charge < -0.3 is 10.1 Å². The topological polar surface area (TPSA) is 66.0 Å². The van der Waals surface area contributed by atoms with E-state index in [0.717, 1.165) is 16.6 Å². The molecule has 2 aromatic rings. The molecule has 0 aliphatic carbocycles. The minimum absolute atomic E-state index is 0.0273. The number of fused-ring (bicyclic) bond motifs is 1. The van der Waals surface area contributed by atoms with E-state index in [0.29, 0.717) is 0 Å². The van der Waals surface area contributed by atoms with E-state index in [-0.39, 0.29) is 6.42 Å². The first-order valence-electron chi connectivity index (χ1n) is 3.90. The van der Waals surface area contributed by atoms with Crippen molar-refractivity contribution in [1.82, 2.24) is 9.97 Å². The highest BCUT2D eigenvalue weighted by atomic mass is 16.4. The lowest BCUT2D eigenvalue weighted by Gasteiger charge is -1.97. The number of aliphatic carboxylic acids is 1. The molecule has 0 bridgehead atoms. The van der Waals surface area contributed by atoms with E-state index in [2.05, 4.69) is 9.97 Å². The zero-order chi connectivity index (χ0) is 9.26. The van der Waals surface area contributed by atoms with Gasteiger partial charge in [-0.05, 0) is 17.7 Å². The maximum Gasteiger partial charge on any atom is 0.307 e. The first-order chi connectivity index (χ1) is 6.27. The number of carboxylic acids is 1. The van der Waals surface area contributed by atoms with Gasteiger partial charge in [-0.3, -0.25) is 9.78 Å². The molecule has 2 aromatic heterocycles. The Kier molecular flexibility index (Phi) is 1.73. The number of aromatic amines is 1. The Bertz CT molecular complexity index is 448. The molecule has 66 valence electrons. The van der Waals surface area contributed by atoms with Crippen LogP contribution in [-0.4, -0.2) is 21.0 Å². The van der Waals surface area contributed by atoms with Crippen molar-refractivity contribution >= 4 is 17.0 Å². The summed E-state index contributed by atoms with van der Waals surface area (Å²) in [7, 11) is 0. The number of rotatable bonds is 2. The Balaban J connectivity index is 2.54. The molecule has 2 N–H and O–H groups in total. The number of hydrogen-bond donors (Lipinski definition) is 2. The molecule has 0 aliphatic rings. The normalized spacial score (nSPS) is 10.5. The average Bonchev–Trinajstić information content (AvgIpc) is 2.51. The van der Waals surface area contributed by atoms with Crippen molar-refractivity contribution in [2.24, 2.45) is 0 Å². The van der Waals surface area contributed by atoms with Gasteiger partial charge in [0.05, 0.1) is 17.5 Å². The van der Waals surface area contributed by atoms with E-state index >= 15 is 0 Å². The first-order valence-corrected chi connectivity index (χ1v) is 3.90. The fourth-order valence-electron chi connectivity index (χ4n) is 1.33. The third-order valence-corrected chi connectivity index (χ3v) is 1.88. The van der Waals surface area contributed by atoms with Gasteiger partial charge in [-0.15, -0.1) is 0 Å². The second kappa shape index (κ2) is 2.90. The zero-order valence-electron chi connectivity index (χ0n) is 6.82. The van der Waals surface area contributed by atoms with Crippen LogP contribution >= 0.6 is 0 Å². The number of H-pyrrole nitrogens is 1. The molecule has 0 atom stereocenters. The molecular formula is C9H8N2O2. The lowest BCUT2D eigenvalue weighted by molar-refractivity contribution is -0.136. The summed E-state index contributed by atoms with van der Waals surface area (Å²) >= 11 is 0. The number of nitrogens with zero attached hydrogens (tertiary/aromatic N) is 1. The fraction of sp³-hybridized carbons (Fsp3) is 0.111. The standard InChI is InChI=1S/C9H8N2O2/c12-8(13)5-6-1-3-10-7-2-4-11-9(6)7/h1-4,11H,5H2,(H,12,13). The summed E-state index contributed by atoms with van der Waals surface area (Å²) in [6, 6.07) is 3.54. The van der Waals surface area contributed by atoms with Crippen LogP contribution < -0.4 is 0 Å². The smallest absolute Gasteiger partial charge is 0.307 e. The van der Waals surface area contributed by atoms with Crippen molar-refractivity contribution in [3.05, 3.63) is 30.1 Å². The van der Waals surface area contributed by atoms with Crippen LogP contribution in [0, 0.1) is 0 Å². The first kappa shape index (κ1) is 7.79. The van der Waals surface area contributed by atoms with Crippen LogP contribution in [-0.2, 0) is 11.2 Å². The van der Waals surface area contributed by atoms with Crippen molar-refractivity contribution in [3.8, 4) is 0 Å². The zero-order valence-corrected chi connectivity index (χ0v) is 6.82. The number of hydrogen-bond acceptors (Lipinski definition) is 2. The summed E-state index contributed by atoms with van der Waals surface area (Å²) in [5.41, 5.74) is 2.38. The summed E-state index contributed by atoms with van der Waals surface area (Å²) in [5.74, 6) is -0.831. The molecule has 0 spiro atoms. The highest BCUT2D eigenvalue weighted by Gasteiger charge is 2.05. The summed E-state index contributed by atoms with van der Waals surface area (Å²) in [6.07, 6.45) is 3.40. The summed E-state index contributed by atoms with van der Waals surface area (Å²) in [5, 5.41) is 8.63. The lowest BCUT2D eigenvalue weighted by Crippen LogP contribution is -2.00. The molecule has 4 heteroatoms. The maximum atomic E-state index is 10.5. The SMILES string of the molecule is O=C(O)Cc1ccnc2cc[nH]c12. The third-order valence-electron chi connectivity index (χ3n) is 1.88. The predicted octanol–water partition coefficient (Wildman–Crippen LogP) is 1.19. The van der Waals surface area contributed by atoms with Gasteiger partial charge in [0.2, 0.25) is 0 Å². The van der Waals surface area contributed by atoms with Crippen LogP contribution in [0.15, 0.2) is 24.5 Å². The van der Waals surface area contributed by atoms with Crippen LogP contribution in [0.4, 0.5) is 0 Å². The minimum atomic E-state index is -0.831. The second-order valence-electron chi connectivity index (χ2n) is 2.78. The van der Waals surface area contributed by atoms with Crippen LogP contribution in [0.5, 0.6) is 0 Å². The quantitative estimate of drug-likeness (QED) is 0.722. The molecule has 0 aromatic carbocycles. The molecule has 0 fully saturated rings. The van der Waals surface area contributed by atoms with Gasteiger partial charge >= 0.3 is 5.97 Å². The van der Waals surface area contributed by atoms with Crippen molar-refractivity contribution in [2.75, 3.05) is 0 Å². The van der Waals surface area contributed by atoms with Crippen LogP contribution in [0.25, 0.3) is 11.0 Å². The maximum absolute atomic E-state index is 10.5. The molecule has 4 nitrogen and oxygen atoms in total. The number of carboxylic acid groups (broad SMARTS) is 1. The van der Waals surface area contributed by atoms with Gasteiger partial charge in [0.1, 0.15) is 0 Å². The van der Waals surface area contributed by atoms with Crippen LogP contribution in [0.2, 0.25) is 0 Å². The third kappa shape index (κ3) is 1.38. The van der Waals surface area contributed by atoms with E-state index in [4.69, 9.17) is 5.11 Å². The van der Waals surface area contributed by atoms with Crippen molar-refractivity contribution in [3.63, 3.8) is 0 Å². The van der Waals surface area contributed by atoms with Gasteiger partial charge in [0.15, 0.2) is 0 Å². The Hall–Kier alpha value is -1.84. The predicted molar refractivity (Wildman–Crippen MR) is 47.4 cm³/mol. The van der Waals surface area contributed by atoms with E-state index in [1.807, 2.05) is 6.07 Å². The van der Waals surface area contributed by atoms with E-state index in [1.165, 1.54) is 0 Å². The number of nitrogens with one attached hydrogen (secondary N) is 1. The van der Waals surface area contributed by atoms with Crippen molar-refractivity contribution in [1.29, 1.82) is 0 Å². The molecule has 0 radical (unpaired) electrons. The highest BCUT2D eigenvalue weighted by molar-refractivity contribution is 5.82. The Morgan fingerprint density at radius 1 is 1.54 bits per heavy atom. The second-order valence-corrected chi connectivity index (χ2v) is 2.78. The molecule has 0 unspecified atom stereocenters. The molecule has 13 heavy (non-hydrogen) atoms. The van der Waals surface area contributed by atoms with E-state index in [1.54, 1.807) is 18.5 Å². The minimum Gasteiger partial charge on any atom is -0.481 e. The lowest BCUT2D eigenvalue weighted by atomic mass is 10.1. The molecular weight excluding hydrogens is 168 g/mol. The number of aromatic nitrogens is 2. The molecule has 0 amide bonds. The van der Waals surface area contributed by atoms with Gasteiger partial charge in [0.25, 0.3) is 0 Å². The van der Waals surface area contributed by atoms with Crippen LogP contribution in [0.3, 0.4) is 0 Å². The summed E-state index contributed by atoms with van der Waals surface area (Å²) < 4.78 is 0. The van der Waals surface area contributed by atoms with Crippen molar-refractivity contribution < 1.29 is 9.90 Å². The molecule has 2 heterocycles. The fourth-order valence-corrected chi connectivity index (χ4v) is 1.33. The van der Waals surface area contributed by atoms with Gasteiger partial charge in [0, 0.05) is 12.4 Å². The molecule has 0 aliphatic heterocycles. The Labute approximate surface area is 74.2 Å². The molecule has 0 saturated heterocycles. The van der Waals surface area contributed by atoms with Crippen LogP contribution in [0.1, 0.15) is 5.56 Å². The van der Waals surface area contributed by atoms with Crippen molar-refractivity contribution in [2.45, 2.75) is 6.42 Å². The van der Waals surface area contributed by atoms with E-state index in [9.17, 15) is 4.79 Å². The van der Waals surface area contributed by atoms with E-state index < -0.39 is 5.97 Å². The van der Waals surface area contributed by atoms with Gasteiger partial charge in [-0.2, -0.15) is 0 Å². The monoisotopic (exact) mass is 176 g/mol. The van der Waals surface area contributed by atoms with Gasteiger partial charge in [-0.25, -0.2) is 0 Å². The summed E-state index contributed by atoms with van der Waals surface area (Å²) in [4.78, 5) is 17.6. The number of pyridine rings is 1. The molecule has 2 rings (SSSR count). The largest absolute Gasteiger partial charge is 0.481 e. The molecule has 0 saturated carbocycles. The highest BCUT2D eigenvalue weighted by Crippen LogP contribution is 2.14. The average molecular weight is 176 g/mol. The van der Waals surface area contributed by atoms with Gasteiger partial charge in [-0.1, -0.05) is 0 Å². The Morgan fingerprint density at radius 2 is 2.38 bits per heavy atom. The summed E-state index contributed by atoms with van der Waals surface area (Å²) in [6.45, 7) is 0. The Morgan fingerprint density at radius 3 is 3.15 bits per heavy atom.